The molecule has 2 aliphatic heterocycles. The van der Waals surface area contributed by atoms with Gasteiger partial charge >= 0.3 is 0 Å². The second-order valence-corrected chi connectivity index (χ2v) is 7.03. The minimum atomic E-state index is -0.196. The molecule has 24 heavy (non-hydrogen) atoms. The van der Waals surface area contributed by atoms with E-state index < -0.39 is 0 Å². The summed E-state index contributed by atoms with van der Waals surface area (Å²) in [6.07, 6.45) is 2.04. The molecule has 3 rings (SSSR count). The summed E-state index contributed by atoms with van der Waals surface area (Å²) in [5, 5.41) is 7.44. The fourth-order valence-electron chi connectivity index (χ4n) is 3.57. The van der Waals surface area contributed by atoms with Crippen molar-refractivity contribution in [3.63, 3.8) is 0 Å². The van der Waals surface area contributed by atoms with Crippen molar-refractivity contribution in [3.8, 4) is 0 Å². The maximum Gasteiger partial charge on any atom is 0.228 e. The van der Waals surface area contributed by atoms with E-state index in [0.29, 0.717) is 32.6 Å². The van der Waals surface area contributed by atoms with Crippen LogP contribution >= 0.6 is 0 Å². The minimum absolute atomic E-state index is 0.102. The number of aryl methyl sites for hydroxylation is 1. The number of hydrogen-bond acceptors (Lipinski definition) is 4. The number of carbonyl (C=O) groups is 2. The van der Waals surface area contributed by atoms with E-state index >= 15 is 0 Å². The normalized spacial score (nSPS) is 20.8. The van der Waals surface area contributed by atoms with Crippen LogP contribution in [0.3, 0.4) is 0 Å². The summed E-state index contributed by atoms with van der Waals surface area (Å²) >= 11 is 0. The highest BCUT2D eigenvalue weighted by Crippen LogP contribution is 2.25. The number of amides is 2. The molecule has 1 fully saturated rings. The predicted octanol–water partition coefficient (Wildman–Crippen LogP) is 0.267. The van der Waals surface area contributed by atoms with E-state index in [-0.39, 0.29) is 17.7 Å². The first-order chi connectivity index (χ1) is 11.5. The van der Waals surface area contributed by atoms with Crippen LogP contribution in [-0.2, 0) is 29.0 Å². The van der Waals surface area contributed by atoms with Crippen LogP contribution in [0.4, 0.5) is 0 Å². The van der Waals surface area contributed by atoms with Gasteiger partial charge < -0.3 is 14.7 Å². The average molecular weight is 333 g/mol. The predicted molar refractivity (Wildman–Crippen MR) is 90.3 cm³/mol. The standard InChI is InChI=1S/C17H27N5O2/c1-4-14-13-11-22(6-5-15(13)19-18-14)17(24)12-9-16(23)21(10-12)8-7-20(2)3/h12H,4-11H2,1-3H3,(H,18,19). The SMILES string of the molecule is CCc1n[nH]c2c1CN(C(=O)C1CC(=O)N(CCN(C)C)C1)CC2. The molecular weight excluding hydrogens is 306 g/mol. The molecule has 7 nitrogen and oxygen atoms in total. The molecule has 2 aliphatic rings. The van der Waals surface area contributed by atoms with Gasteiger partial charge in [0.2, 0.25) is 11.8 Å². The Kier molecular flexibility index (Phi) is 4.89. The zero-order chi connectivity index (χ0) is 17.3. The average Bonchev–Trinajstić information content (AvgIpc) is 3.14. The highest BCUT2D eigenvalue weighted by Gasteiger charge is 2.37. The van der Waals surface area contributed by atoms with Gasteiger partial charge in [0.1, 0.15) is 0 Å². The van der Waals surface area contributed by atoms with E-state index in [0.717, 1.165) is 30.8 Å². The molecule has 1 aromatic heterocycles. The van der Waals surface area contributed by atoms with Gasteiger partial charge in [-0.2, -0.15) is 5.10 Å². The fourth-order valence-corrected chi connectivity index (χ4v) is 3.57. The van der Waals surface area contributed by atoms with Gasteiger partial charge in [0.15, 0.2) is 0 Å². The lowest BCUT2D eigenvalue weighted by Gasteiger charge is -2.29. The topological polar surface area (TPSA) is 72.5 Å². The molecule has 1 N–H and O–H groups in total. The largest absolute Gasteiger partial charge is 0.341 e. The number of nitrogens with zero attached hydrogens (tertiary/aromatic N) is 4. The lowest BCUT2D eigenvalue weighted by atomic mass is 10.0. The summed E-state index contributed by atoms with van der Waals surface area (Å²) in [5.41, 5.74) is 3.38. The van der Waals surface area contributed by atoms with Gasteiger partial charge in [0.05, 0.1) is 11.6 Å². The molecule has 0 spiro atoms. The van der Waals surface area contributed by atoms with Crippen molar-refractivity contribution in [2.75, 3.05) is 40.3 Å². The Hall–Kier alpha value is -1.89. The van der Waals surface area contributed by atoms with Crippen LogP contribution in [0, 0.1) is 5.92 Å². The third-order valence-corrected chi connectivity index (χ3v) is 5.05. The van der Waals surface area contributed by atoms with Gasteiger partial charge in [0.25, 0.3) is 0 Å². The van der Waals surface area contributed by atoms with E-state index in [4.69, 9.17) is 0 Å². The summed E-state index contributed by atoms with van der Waals surface area (Å²) < 4.78 is 0. The molecular formula is C17H27N5O2. The second-order valence-electron chi connectivity index (χ2n) is 7.03. The van der Waals surface area contributed by atoms with Crippen molar-refractivity contribution in [2.24, 2.45) is 5.92 Å². The van der Waals surface area contributed by atoms with Crippen molar-refractivity contribution in [1.82, 2.24) is 24.9 Å². The maximum absolute atomic E-state index is 12.9. The molecule has 1 atom stereocenters. The molecule has 0 radical (unpaired) electrons. The zero-order valence-electron chi connectivity index (χ0n) is 14.8. The molecule has 2 amide bonds. The lowest BCUT2D eigenvalue weighted by Crippen LogP contribution is -2.41. The number of carbonyl (C=O) groups excluding carboxylic acids is 2. The first-order valence-corrected chi connectivity index (χ1v) is 8.75. The van der Waals surface area contributed by atoms with Gasteiger partial charge in [-0.3, -0.25) is 14.7 Å². The number of aromatic amines is 1. The van der Waals surface area contributed by atoms with Gasteiger partial charge in [-0.15, -0.1) is 0 Å². The van der Waals surface area contributed by atoms with E-state index in [2.05, 4.69) is 22.0 Å². The lowest BCUT2D eigenvalue weighted by molar-refractivity contribution is -0.136. The zero-order valence-corrected chi connectivity index (χ0v) is 14.8. The molecule has 0 aliphatic carbocycles. The van der Waals surface area contributed by atoms with Crippen LogP contribution in [0.1, 0.15) is 30.3 Å². The molecule has 1 unspecified atom stereocenters. The van der Waals surface area contributed by atoms with Crippen LogP contribution in [0.5, 0.6) is 0 Å². The fraction of sp³-hybridized carbons (Fsp3) is 0.706. The molecule has 7 heteroatoms. The number of aromatic nitrogens is 2. The van der Waals surface area contributed by atoms with Crippen molar-refractivity contribution >= 4 is 11.8 Å². The smallest absolute Gasteiger partial charge is 0.228 e. The summed E-state index contributed by atoms with van der Waals surface area (Å²) in [5.74, 6) is 0.0215. The van der Waals surface area contributed by atoms with Crippen molar-refractivity contribution in [1.29, 1.82) is 0 Å². The Balaban J connectivity index is 1.62. The van der Waals surface area contributed by atoms with Crippen LogP contribution in [0.15, 0.2) is 0 Å². The summed E-state index contributed by atoms with van der Waals surface area (Å²) in [6, 6.07) is 0. The summed E-state index contributed by atoms with van der Waals surface area (Å²) in [4.78, 5) is 30.8. The first-order valence-electron chi connectivity index (χ1n) is 8.75. The maximum atomic E-state index is 12.9. The van der Waals surface area contributed by atoms with Gasteiger partial charge in [-0.05, 0) is 20.5 Å². The van der Waals surface area contributed by atoms with E-state index in [1.807, 2.05) is 23.9 Å². The Bertz CT molecular complexity index is 611. The van der Waals surface area contributed by atoms with Gasteiger partial charge in [-0.1, -0.05) is 6.92 Å². The molecule has 0 bridgehead atoms. The van der Waals surface area contributed by atoms with E-state index in [1.165, 1.54) is 5.56 Å². The van der Waals surface area contributed by atoms with Crippen molar-refractivity contribution in [3.05, 3.63) is 17.0 Å². The molecule has 3 heterocycles. The number of hydrogen-bond donors (Lipinski definition) is 1. The second kappa shape index (κ2) is 6.93. The van der Waals surface area contributed by atoms with Crippen LogP contribution in [0.2, 0.25) is 0 Å². The number of nitrogens with one attached hydrogen (secondary N) is 1. The highest BCUT2D eigenvalue weighted by atomic mass is 16.2. The first kappa shape index (κ1) is 17.0. The number of H-pyrrole nitrogens is 1. The Labute approximate surface area is 143 Å². The Morgan fingerprint density at radius 3 is 2.92 bits per heavy atom. The van der Waals surface area contributed by atoms with E-state index in [1.54, 1.807) is 0 Å². The monoisotopic (exact) mass is 333 g/mol. The van der Waals surface area contributed by atoms with E-state index in [9.17, 15) is 9.59 Å². The summed E-state index contributed by atoms with van der Waals surface area (Å²) in [7, 11) is 3.98. The Morgan fingerprint density at radius 2 is 2.21 bits per heavy atom. The molecule has 0 saturated carbocycles. The van der Waals surface area contributed by atoms with Gasteiger partial charge in [0, 0.05) is 56.8 Å². The van der Waals surface area contributed by atoms with Gasteiger partial charge in [-0.25, -0.2) is 0 Å². The molecule has 1 aromatic rings. The number of likely N-dealkylation sites (N-methyl/N-ethyl adjacent to an activating group) is 1. The third-order valence-electron chi connectivity index (χ3n) is 5.05. The quantitative estimate of drug-likeness (QED) is 0.839. The van der Waals surface area contributed by atoms with Crippen LogP contribution in [0.25, 0.3) is 0 Å². The number of fused-ring (bicyclic) bond motifs is 1. The molecule has 1 saturated heterocycles. The number of rotatable bonds is 5. The third kappa shape index (κ3) is 3.31. The highest BCUT2D eigenvalue weighted by molar-refractivity contribution is 5.89. The van der Waals surface area contributed by atoms with Crippen molar-refractivity contribution in [2.45, 2.75) is 32.7 Å². The van der Waals surface area contributed by atoms with Crippen molar-refractivity contribution < 1.29 is 9.59 Å². The van der Waals surface area contributed by atoms with Crippen LogP contribution < -0.4 is 0 Å². The molecule has 0 aromatic carbocycles. The summed E-state index contributed by atoms with van der Waals surface area (Å²) in [6.45, 7) is 5.49. The molecule has 132 valence electrons. The van der Waals surface area contributed by atoms with Crippen LogP contribution in [-0.4, -0.2) is 77.0 Å². The Morgan fingerprint density at radius 1 is 1.42 bits per heavy atom. The minimum Gasteiger partial charge on any atom is -0.341 e. The number of likely N-dealkylation sites (tertiary alicyclic amines) is 1.